The van der Waals surface area contributed by atoms with Crippen molar-refractivity contribution in [1.82, 2.24) is 0 Å². The standard InChI is InChI=1S/C17H21NO2/c1-4-20-15-10-8-13(9-11-15)17(2,18)14-6-5-7-16(12-14)19-3/h5-12H,4,18H2,1-3H3. The van der Waals surface area contributed by atoms with Crippen molar-refractivity contribution in [2.75, 3.05) is 13.7 Å². The summed E-state index contributed by atoms with van der Waals surface area (Å²) in [6.07, 6.45) is 0. The lowest BCUT2D eigenvalue weighted by Gasteiger charge is -2.26. The Kier molecular flexibility index (Phi) is 4.30. The monoisotopic (exact) mass is 271 g/mol. The van der Waals surface area contributed by atoms with Gasteiger partial charge in [0.1, 0.15) is 11.5 Å². The second-order valence-corrected chi connectivity index (χ2v) is 4.89. The largest absolute Gasteiger partial charge is 0.497 e. The van der Waals surface area contributed by atoms with Crippen LogP contribution in [0.4, 0.5) is 0 Å². The van der Waals surface area contributed by atoms with Crippen molar-refractivity contribution in [3.63, 3.8) is 0 Å². The van der Waals surface area contributed by atoms with Crippen molar-refractivity contribution in [2.45, 2.75) is 19.4 Å². The maximum atomic E-state index is 6.51. The number of hydrogen-bond acceptors (Lipinski definition) is 3. The molecule has 2 N–H and O–H groups in total. The lowest BCUT2D eigenvalue weighted by atomic mass is 9.85. The summed E-state index contributed by atoms with van der Waals surface area (Å²) in [4.78, 5) is 0. The van der Waals surface area contributed by atoms with Gasteiger partial charge in [-0.05, 0) is 49.2 Å². The second-order valence-electron chi connectivity index (χ2n) is 4.89. The first-order chi connectivity index (χ1) is 9.57. The summed E-state index contributed by atoms with van der Waals surface area (Å²) < 4.78 is 10.7. The summed E-state index contributed by atoms with van der Waals surface area (Å²) in [5.41, 5.74) is 7.99. The van der Waals surface area contributed by atoms with Gasteiger partial charge in [-0.2, -0.15) is 0 Å². The number of hydrogen-bond donors (Lipinski definition) is 1. The summed E-state index contributed by atoms with van der Waals surface area (Å²) in [5.74, 6) is 1.67. The summed E-state index contributed by atoms with van der Waals surface area (Å²) in [7, 11) is 1.66. The molecule has 0 fully saturated rings. The van der Waals surface area contributed by atoms with E-state index in [9.17, 15) is 0 Å². The molecule has 1 unspecified atom stereocenters. The Morgan fingerprint density at radius 2 is 1.70 bits per heavy atom. The first kappa shape index (κ1) is 14.4. The third-order valence-electron chi connectivity index (χ3n) is 3.43. The number of methoxy groups -OCH3 is 1. The molecule has 0 aliphatic rings. The second kappa shape index (κ2) is 5.97. The van der Waals surface area contributed by atoms with Crippen molar-refractivity contribution in [3.8, 4) is 11.5 Å². The lowest BCUT2D eigenvalue weighted by Crippen LogP contribution is -2.34. The van der Waals surface area contributed by atoms with Gasteiger partial charge in [-0.15, -0.1) is 0 Å². The van der Waals surface area contributed by atoms with Gasteiger partial charge in [0.25, 0.3) is 0 Å². The molecule has 0 bridgehead atoms. The van der Waals surface area contributed by atoms with E-state index < -0.39 is 5.54 Å². The van der Waals surface area contributed by atoms with Crippen LogP contribution in [0.1, 0.15) is 25.0 Å². The Balaban J connectivity index is 2.32. The topological polar surface area (TPSA) is 44.5 Å². The fourth-order valence-corrected chi connectivity index (χ4v) is 2.18. The zero-order valence-electron chi connectivity index (χ0n) is 12.2. The number of nitrogens with two attached hydrogens (primary N) is 1. The SMILES string of the molecule is CCOc1ccc(C(C)(N)c2cccc(OC)c2)cc1. The van der Waals surface area contributed by atoms with E-state index >= 15 is 0 Å². The van der Waals surface area contributed by atoms with Crippen molar-refractivity contribution in [2.24, 2.45) is 5.73 Å². The van der Waals surface area contributed by atoms with Crippen molar-refractivity contribution >= 4 is 0 Å². The molecule has 0 radical (unpaired) electrons. The molecule has 0 aromatic heterocycles. The van der Waals surface area contributed by atoms with Crippen molar-refractivity contribution < 1.29 is 9.47 Å². The highest BCUT2D eigenvalue weighted by molar-refractivity contribution is 5.42. The van der Waals surface area contributed by atoms with Crippen LogP contribution in [0.5, 0.6) is 11.5 Å². The summed E-state index contributed by atoms with van der Waals surface area (Å²) in [6, 6.07) is 15.8. The van der Waals surface area contributed by atoms with E-state index in [0.29, 0.717) is 6.61 Å². The Bertz CT molecular complexity index is 561. The van der Waals surface area contributed by atoms with E-state index in [-0.39, 0.29) is 0 Å². The third kappa shape index (κ3) is 2.94. The molecule has 3 heteroatoms. The van der Waals surface area contributed by atoms with Crippen LogP contribution in [0.2, 0.25) is 0 Å². The number of ether oxygens (including phenoxy) is 2. The van der Waals surface area contributed by atoms with Gasteiger partial charge >= 0.3 is 0 Å². The van der Waals surface area contributed by atoms with Gasteiger partial charge in [0.05, 0.1) is 19.3 Å². The molecular weight excluding hydrogens is 250 g/mol. The van der Waals surface area contributed by atoms with Gasteiger partial charge in [-0.25, -0.2) is 0 Å². The van der Waals surface area contributed by atoms with Crippen LogP contribution < -0.4 is 15.2 Å². The number of benzene rings is 2. The maximum Gasteiger partial charge on any atom is 0.119 e. The minimum Gasteiger partial charge on any atom is -0.497 e. The minimum absolute atomic E-state index is 0.570. The molecule has 0 saturated heterocycles. The highest BCUT2D eigenvalue weighted by Gasteiger charge is 2.24. The van der Waals surface area contributed by atoms with E-state index in [0.717, 1.165) is 22.6 Å². The fourth-order valence-electron chi connectivity index (χ4n) is 2.18. The van der Waals surface area contributed by atoms with Crippen LogP contribution in [-0.2, 0) is 5.54 Å². The van der Waals surface area contributed by atoms with Crippen LogP contribution in [-0.4, -0.2) is 13.7 Å². The fraction of sp³-hybridized carbons (Fsp3) is 0.294. The Morgan fingerprint density at radius 1 is 1.00 bits per heavy atom. The molecule has 0 aliphatic carbocycles. The van der Waals surface area contributed by atoms with Crippen molar-refractivity contribution in [3.05, 3.63) is 59.7 Å². The zero-order chi connectivity index (χ0) is 14.6. The van der Waals surface area contributed by atoms with Gasteiger partial charge in [-0.3, -0.25) is 0 Å². The van der Waals surface area contributed by atoms with Gasteiger partial charge in [0, 0.05) is 0 Å². The minimum atomic E-state index is -0.570. The van der Waals surface area contributed by atoms with Crippen LogP contribution in [0.15, 0.2) is 48.5 Å². The molecule has 1 atom stereocenters. The Hall–Kier alpha value is -2.00. The molecule has 0 heterocycles. The average molecular weight is 271 g/mol. The van der Waals surface area contributed by atoms with Crippen LogP contribution in [0.25, 0.3) is 0 Å². The number of rotatable bonds is 5. The zero-order valence-corrected chi connectivity index (χ0v) is 12.2. The summed E-state index contributed by atoms with van der Waals surface area (Å²) >= 11 is 0. The third-order valence-corrected chi connectivity index (χ3v) is 3.43. The Morgan fingerprint density at radius 3 is 2.30 bits per heavy atom. The lowest BCUT2D eigenvalue weighted by molar-refractivity contribution is 0.340. The molecule has 0 amide bonds. The predicted molar refractivity (Wildman–Crippen MR) is 81.2 cm³/mol. The quantitative estimate of drug-likeness (QED) is 0.907. The normalized spacial score (nSPS) is 13.6. The highest BCUT2D eigenvalue weighted by atomic mass is 16.5. The van der Waals surface area contributed by atoms with Crippen molar-refractivity contribution in [1.29, 1.82) is 0 Å². The van der Waals surface area contributed by atoms with E-state index in [1.54, 1.807) is 7.11 Å². The smallest absolute Gasteiger partial charge is 0.119 e. The molecule has 3 nitrogen and oxygen atoms in total. The molecule has 0 aliphatic heterocycles. The molecule has 2 aromatic rings. The molecule has 0 saturated carbocycles. The summed E-state index contributed by atoms with van der Waals surface area (Å²) in [5, 5.41) is 0. The van der Waals surface area contributed by atoms with Gasteiger partial charge < -0.3 is 15.2 Å². The molecule has 20 heavy (non-hydrogen) atoms. The molecule has 2 rings (SSSR count). The van der Waals surface area contributed by atoms with E-state index in [1.165, 1.54) is 0 Å². The van der Waals surface area contributed by atoms with Crippen LogP contribution in [0.3, 0.4) is 0 Å². The molecule has 0 spiro atoms. The van der Waals surface area contributed by atoms with Gasteiger partial charge in [0.15, 0.2) is 0 Å². The Labute approximate surface area is 120 Å². The average Bonchev–Trinajstić information content (AvgIpc) is 2.48. The van der Waals surface area contributed by atoms with Gasteiger partial charge in [0.2, 0.25) is 0 Å². The first-order valence-corrected chi connectivity index (χ1v) is 6.74. The molecular formula is C17H21NO2. The predicted octanol–water partition coefficient (Wildman–Crippen LogP) is 3.32. The highest BCUT2D eigenvalue weighted by Crippen LogP contribution is 2.29. The van der Waals surface area contributed by atoms with Crippen LogP contribution in [0, 0.1) is 0 Å². The molecule has 2 aromatic carbocycles. The van der Waals surface area contributed by atoms with E-state index in [4.69, 9.17) is 15.2 Å². The van der Waals surface area contributed by atoms with Gasteiger partial charge in [-0.1, -0.05) is 24.3 Å². The maximum absolute atomic E-state index is 6.51. The van der Waals surface area contributed by atoms with E-state index in [2.05, 4.69) is 0 Å². The summed E-state index contributed by atoms with van der Waals surface area (Å²) in [6.45, 7) is 4.63. The van der Waals surface area contributed by atoms with Crippen LogP contribution >= 0.6 is 0 Å². The molecule has 106 valence electrons. The first-order valence-electron chi connectivity index (χ1n) is 6.74. The van der Waals surface area contributed by atoms with E-state index in [1.807, 2.05) is 62.4 Å².